The second-order valence-electron chi connectivity index (χ2n) is 11.2. The predicted octanol–water partition coefficient (Wildman–Crippen LogP) is 9.14. The van der Waals surface area contributed by atoms with Crippen LogP contribution in [0.4, 0.5) is 8.78 Å². The van der Waals surface area contributed by atoms with Crippen molar-refractivity contribution in [1.29, 1.82) is 0 Å². The van der Waals surface area contributed by atoms with E-state index < -0.39 is 11.6 Å². The van der Waals surface area contributed by atoms with Gasteiger partial charge in [0, 0.05) is 0 Å². The standard InChI is InChI=1S/C29H44F2/c1-3-5-6-7-8-9-21-11-13-25-19-27(29(31)28(30)26(25)17-21)24-15-14-22-16-20(4-2)10-12-23(22)18-24/h19-24H,3-18H2,1-2H3. The second kappa shape index (κ2) is 10.8. The topological polar surface area (TPSA) is 0 Å². The number of halogens is 2. The van der Waals surface area contributed by atoms with Gasteiger partial charge in [0.15, 0.2) is 11.6 Å². The molecule has 174 valence electrons. The van der Waals surface area contributed by atoms with E-state index in [1.54, 1.807) is 0 Å². The van der Waals surface area contributed by atoms with Crippen LogP contribution < -0.4 is 0 Å². The van der Waals surface area contributed by atoms with Gasteiger partial charge in [-0.15, -0.1) is 0 Å². The Kier molecular flexibility index (Phi) is 8.10. The van der Waals surface area contributed by atoms with Crippen LogP contribution in [-0.4, -0.2) is 0 Å². The fraction of sp³-hybridized carbons (Fsp3) is 0.793. The molecule has 31 heavy (non-hydrogen) atoms. The molecule has 0 bridgehead atoms. The zero-order valence-corrected chi connectivity index (χ0v) is 20.0. The molecule has 0 aliphatic heterocycles. The van der Waals surface area contributed by atoms with Crippen LogP contribution in [0.15, 0.2) is 6.07 Å². The van der Waals surface area contributed by atoms with Gasteiger partial charge in [-0.25, -0.2) is 8.78 Å². The van der Waals surface area contributed by atoms with Crippen LogP contribution >= 0.6 is 0 Å². The molecule has 5 unspecified atom stereocenters. The van der Waals surface area contributed by atoms with E-state index in [0.717, 1.165) is 55.4 Å². The Hall–Kier alpha value is -0.920. The zero-order valence-electron chi connectivity index (χ0n) is 20.0. The van der Waals surface area contributed by atoms with E-state index in [-0.39, 0.29) is 5.92 Å². The molecule has 4 rings (SSSR count). The number of benzene rings is 1. The van der Waals surface area contributed by atoms with E-state index >= 15 is 8.78 Å². The maximum absolute atomic E-state index is 15.3. The van der Waals surface area contributed by atoms with Gasteiger partial charge in [0.05, 0.1) is 0 Å². The third-order valence-corrected chi connectivity index (χ3v) is 9.20. The van der Waals surface area contributed by atoms with Crippen LogP contribution in [0.25, 0.3) is 0 Å². The molecule has 0 amide bonds. The highest BCUT2D eigenvalue weighted by atomic mass is 19.2. The number of aryl methyl sites for hydroxylation is 1. The maximum Gasteiger partial charge on any atom is 0.162 e. The van der Waals surface area contributed by atoms with Gasteiger partial charge in [0.2, 0.25) is 0 Å². The Morgan fingerprint density at radius 2 is 1.58 bits per heavy atom. The van der Waals surface area contributed by atoms with Crippen LogP contribution in [0.5, 0.6) is 0 Å². The molecule has 0 N–H and O–H groups in total. The van der Waals surface area contributed by atoms with Crippen LogP contribution in [0.2, 0.25) is 0 Å². The number of hydrogen-bond acceptors (Lipinski definition) is 0. The summed E-state index contributed by atoms with van der Waals surface area (Å²) in [5.41, 5.74) is 2.54. The molecule has 0 spiro atoms. The summed E-state index contributed by atoms with van der Waals surface area (Å²) in [5.74, 6) is 2.23. The number of rotatable bonds is 8. The monoisotopic (exact) mass is 430 g/mol. The highest BCUT2D eigenvalue weighted by Gasteiger charge is 2.37. The molecular formula is C29H44F2. The molecule has 2 fully saturated rings. The molecule has 2 heteroatoms. The van der Waals surface area contributed by atoms with E-state index in [1.165, 1.54) is 70.6 Å². The fourth-order valence-corrected chi connectivity index (χ4v) is 7.15. The normalized spacial score (nSPS) is 30.6. The molecule has 2 saturated carbocycles. The molecule has 3 aliphatic carbocycles. The quantitative estimate of drug-likeness (QED) is 0.361. The van der Waals surface area contributed by atoms with Gasteiger partial charge in [0.25, 0.3) is 0 Å². The lowest BCUT2D eigenvalue weighted by molar-refractivity contribution is 0.115. The van der Waals surface area contributed by atoms with Crippen molar-refractivity contribution >= 4 is 0 Å². The van der Waals surface area contributed by atoms with Crippen molar-refractivity contribution in [3.8, 4) is 0 Å². The summed E-state index contributed by atoms with van der Waals surface area (Å²) in [6.07, 6.45) is 19.1. The van der Waals surface area contributed by atoms with E-state index in [4.69, 9.17) is 0 Å². The molecule has 0 heterocycles. The van der Waals surface area contributed by atoms with E-state index in [1.807, 2.05) is 0 Å². The summed E-state index contributed by atoms with van der Waals surface area (Å²) < 4.78 is 30.5. The predicted molar refractivity (Wildman–Crippen MR) is 126 cm³/mol. The molecule has 1 aromatic carbocycles. The minimum atomic E-state index is -0.506. The lowest BCUT2D eigenvalue weighted by atomic mass is 9.63. The molecule has 0 nitrogen and oxygen atoms in total. The minimum Gasteiger partial charge on any atom is -0.203 e. The van der Waals surface area contributed by atoms with Gasteiger partial charge in [-0.3, -0.25) is 0 Å². The Bertz CT molecular complexity index is 724. The van der Waals surface area contributed by atoms with Crippen LogP contribution in [0, 0.1) is 35.3 Å². The fourth-order valence-electron chi connectivity index (χ4n) is 7.15. The summed E-state index contributed by atoms with van der Waals surface area (Å²) in [5, 5.41) is 0. The lowest BCUT2D eigenvalue weighted by Gasteiger charge is -2.42. The van der Waals surface area contributed by atoms with Gasteiger partial charge in [-0.05, 0) is 97.6 Å². The third kappa shape index (κ3) is 5.36. The first-order valence-corrected chi connectivity index (χ1v) is 13.6. The highest BCUT2D eigenvalue weighted by Crippen LogP contribution is 2.49. The van der Waals surface area contributed by atoms with Crippen molar-refractivity contribution in [3.05, 3.63) is 34.4 Å². The summed E-state index contributed by atoms with van der Waals surface area (Å²) in [6.45, 7) is 4.56. The summed E-state index contributed by atoms with van der Waals surface area (Å²) >= 11 is 0. The molecule has 0 saturated heterocycles. The van der Waals surface area contributed by atoms with Gasteiger partial charge in [-0.1, -0.05) is 71.3 Å². The van der Waals surface area contributed by atoms with Crippen molar-refractivity contribution in [2.75, 3.05) is 0 Å². The largest absolute Gasteiger partial charge is 0.203 e. The molecule has 0 radical (unpaired) electrons. The molecular weight excluding hydrogens is 386 g/mol. The lowest BCUT2D eigenvalue weighted by Crippen LogP contribution is -2.31. The smallest absolute Gasteiger partial charge is 0.162 e. The summed E-state index contributed by atoms with van der Waals surface area (Å²) in [7, 11) is 0. The van der Waals surface area contributed by atoms with Gasteiger partial charge in [0.1, 0.15) is 0 Å². The average Bonchev–Trinajstić information content (AvgIpc) is 2.80. The van der Waals surface area contributed by atoms with Crippen LogP contribution in [-0.2, 0) is 12.8 Å². The van der Waals surface area contributed by atoms with E-state index in [0.29, 0.717) is 17.0 Å². The first-order valence-electron chi connectivity index (χ1n) is 13.6. The first kappa shape index (κ1) is 23.2. The van der Waals surface area contributed by atoms with Crippen molar-refractivity contribution in [1.82, 2.24) is 0 Å². The Labute approximate surface area is 189 Å². The van der Waals surface area contributed by atoms with Crippen molar-refractivity contribution < 1.29 is 8.78 Å². The highest BCUT2D eigenvalue weighted by molar-refractivity contribution is 5.38. The zero-order chi connectivity index (χ0) is 21.8. The Morgan fingerprint density at radius 1 is 0.806 bits per heavy atom. The maximum atomic E-state index is 15.3. The van der Waals surface area contributed by atoms with Gasteiger partial charge in [-0.2, -0.15) is 0 Å². The second-order valence-corrected chi connectivity index (χ2v) is 11.2. The SMILES string of the molecule is CCCCCCCC1CCc2cc(C3CCC4CC(CC)CCC4C3)c(F)c(F)c2C1. The average molecular weight is 431 g/mol. The number of unbranched alkanes of at least 4 members (excludes halogenated alkanes) is 4. The van der Waals surface area contributed by atoms with Crippen LogP contribution in [0.3, 0.4) is 0 Å². The van der Waals surface area contributed by atoms with Crippen LogP contribution in [0.1, 0.15) is 126 Å². The molecule has 3 aliphatic rings. The van der Waals surface area contributed by atoms with Crippen molar-refractivity contribution in [2.24, 2.45) is 23.7 Å². The molecule has 0 aromatic heterocycles. The Balaban J connectivity index is 1.40. The number of fused-ring (bicyclic) bond motifs is 2. The van der Waals surface area contributed by atoms with Crippen molar-refractivity contribution in [3.63, 3.8) is 0 Å². The summed E-state index contributed by atoms with van der Waals surface area (Å²) in [6, 6.07) is 2.09. The van der Waals surface area contributed by atoms with E-state index in [9.17, 15) is 0 Å². The van der Waals surface area contributed by atoms with Gasteiger partial charge < -0.3 is 0 Å². The molecule has 1 aromatic rings. The molecule has 5 atom stereocenters. The van der Waals surface area contributed by atoms with Gasteiger partial charge >= 0.3 is 0 Å². The first-order chi connectivity index (χ1) is 15.1. The van der Waals surface area contributed by atoms with Crippen molar-refractivity contribution in [2.45, 2.75) is 122 Å². The number of hydrogen-bond donors (Lipinski definition) is 0. The third-order valence-electron chi connectivity index (χ3n) is 9.20. The van der Waals surface area contributed by atoms with E-state index in [2.05, 4.69) is 19.9 Å². The summed E-state index contributed by atoms with van der Waals surface area (Å²) in [4.78, 5) is 0. The minimum absolute atomic E-state index is 0.232. The Morgan fingerprint density at radius 3 is 2.39 bits per heavy atom.